The summed E-state index contributed by atoms with van der Waals surface area (Å²) in [5.41, 5.74) is 1.22. The number of benzene rings is 2. The van der Waals surface area contributed by atoms with Crippen LogP contribution in [0.15, 0.2) is 72.3 Å². The van der Waals surface area contributed by atoms with Crippen LogP contribution in [0.3, 0.4) is 0 Å². The van der Waals surface area contributed by atoms with Crippen LogP contribution in [-0.4, -0.2) is 40.9 Å². The number of carbonyl (C=O) groups excluding carboxylic acids is 1. The van der Waals surface area contributed by atoms with Gasteiger partial charge in [-0.3, -0.25) is 4.79 Å². The number of hydrogen-bond donors (Lipinski definition) is 1. The molecule has 0 aromatic heterocycles. The van der Waals surface area contributed by atoms with Gasteiger partial charge in [-0.25, -0.2) is 13.6 Å². The van der Waals surface area contributed by atoms with E-state index in [0.29, 0.717) is 12.0 Å². The number of ether oxygens (including phenoxy) is 1. The van der Waals surface area contributed by atoms with E-state index in [2.05, 4.69) is 0 Å². The van der Waals surface area contributed by atoms with Gasteiger partial charge < -0.3 is 14.7 Å². The monoisotopic (exact) mass is 439 g/mol. The lowest BCUT2D eigenvalue weighted by atomic mass is 9.87. The highest BCUT2D eigenvalue weighted by atomic mass is 19.2. The van der Waals surface area contributed by atoms with Gasteiger partial charge in [0.15, 0.2) is 0 Å². The molecule has 2 aromatic rings. The predicted molar refractivity (Wildman–Crippen MR) is 115 cm³/mol. The van der Waals surface area contributed by atoms with Crippen molar-refractivity contribution in [2.45, 2.75) is 37.2 Å². The number of carboxylic acids is 1. The van der Waals surface area contributed by atoms with Crippen molar-refractivity contribution in [2.24, 2.45) is 0 Å². The first kappa shape index (κ1) is 21.9. The number of nitrogens with zero attached hydrogens (tertiary/aromatic N) is 1. The van der Waals surface area contributed by atoms with E-state index >= 15 is 4.39 Å². The minimum absolute atomic E-state index is 0.0727. The van der Waals surface area contributed by atoms with E-state index in [0.717, 1.165) is 0 Å². The Hall–Kier alpha value is -3.32. The summed E-state index contributed by atoms with van der Waals surface area (Å²) in [7, 11) is 1.22. The first-order valence-corrected chi connectivity index (χ1v) is 10.4. The van der Waals surface area contributed by atoms with E-state index < -0.39 is 35.6 Å². The number of likely N-dealkylation sites (tertiary alicyclic amines) is 1. The summed E-state index contributed by atoms with van der Waals surface area (Å²) in [6, 6.07) is 13.0. The molecule has 5 nitrogen and oxygen atoms in total. The standard InChI is InChI=1S/C25H23F2NO4/c1-32-25(27)15-17(11-12-19(25)16-7-3-2-4-8-16)23(29)28-21(13-14-22(28)24(30)31)18-9-5-6-10-20(18)26/h2-12,21-22H,13-15H2,1H3,(H,30,31)/t21-,22+,25?/m1/s1. The van der Waals surface area contributed by atoms with Crippen LogP contribution in [0, 0.1) is 5.82 Å². The zero-order chi connectivity index (χ0) is 22.9. The summed E-state index contributed by atoms with van der Waals surface area (Å²) in [6.07, 6.45) is 3.09. The zero-order valence-corrected chi connectivity index (χ0v) is 17.5. The molecular formula is C25H23F2NO4. The van der Waals surface area contributed by atoms with Crippen molar-refractivity contribution in [3.05, 3.63) is 89.3 Å². The maximum Gasteiger partial charge on any atom is 0.326 e. The molecule has 0 spiro atoms. The van der Waals surface area contributed by atoms with Gasteiger partial charge in [-0.15, -0.1) is 0 Å². The Bertz CT molecular complexity index is 1100. The summed E-state index contributed by atoms with van der Waals surface area (Å²) >= 11 is 0. The number of alkyl halides is 1. The van der Waals surface area contributed by atoms with Gasteiger partial charge in [0.25, 0.3) is 5.91 Å². The van der Waals surface area contributed by atoms with Crippen LogP contribution in [-0.2, 0) is 14.3 Å². The first-order chi connectivity index (χ1) is 15.4. The minimum atomic E-state index is -2.26. The normalized spacial score (nSPS) is 25.3. The van der Waals surface area contributed by atoms with Crippen molar-refractivity contribution >= 4 is 17.4 Å². The second kappa shape index (κ2) is 8.67. The molecule has 1 unspecified atom stereocenters. The molecule has 0 saturated carbocycles. The van der Waals surface area contributed by atoms with E-state index in [-0.39, 0.29) is 29.6 Å². The summed E-state index contributed by atoms with van der Waals surface area (Å²) in [5, 5.41) is 9.69. The highest BCUT2D eigenvalue weighted by Crippen LogP contribution is 2.43. The number of hydrogen-bond acceptors (Lipinski definition) is 3. The summed E-state index contributed by atoms with van der Waals surface area (Å²) in [5.74, 6) is -4.58. The average Bonchev–Trinajstić information content (AvgIpc) is 3.24. The molecule has 1 fully saturated rings. The average molecular weight is 439 g/mol. The molecule has 1 N–H and O–H groups in total. The maximum absolute atomic E-state index is 15.8. The fourth-order valence-corrected chi connectivity index (χ4v) is 4.52. The zero-order valence-electron chi connectivity index (χ0n) is 17.5. The molecule has 1 aliphatic carbocycles. The van der Waals surface area contributed by atoms with E-state index in [1.807, 2.05) is 6.07 Å². The number of amides is 1. The Morgan fingerprint density at radius 3 is 2.41 bits per heavy atom. The fraction of sp³-hybridized carbons (Fsp3) is 0.280. The van der Waals surface area contributed by atoms with E-state index in [9.17, 15) is 19.1 Å². The van der Waals surface area contributed by atoms with Gasteiger partial charge in [0.2, 0.25) is 5.85 Å². The van der Waals surface area contributed by atoms with Crippen molar-refractivity contribution in [1.29, 1.82) is 0 Å². The lowest BCUT2D eigenvalue weighted by Crippen LogP contribution is -2.44. The van der Waals surface area contributed by atoms with E-state index in [4.69, 9.17) is 4.74 Å². The van der Waals surface area contributed by atoms with Crippen LogP contribution in [0.5, 0.6) is 0 Å². The molecule has 1 saturated heterocycles. The number of methoxy groups -OCH3 is 1. The third-order valence-electron chi connectivity index (χ3n) is 6.12. The molecule has 32 heavy (non-hydrogen) atoms. The molecule has 2 aliphatic rings. The van der Waals surface area contributed by atoms with Gasteiger partial charge >= 0.3 is 5.97 Å². The number of aliphatic carboxylic acids is 1. The lowest BCUT2D eigenvalue weighted by molar-refractivity contribution is -0.148. The van der Waals surface area contributed by atoms with Crippen molar-refractivity contribution in [1.82, 2.24) is 4.90 Å². The predicted octanol–water partition coefficient (Wildman–Crippen LogP) is 4.67. The van der Waals surface area contributed by atoms with Gasteiger partial charge in [0, 0.05) is 30.2 Å². The third kappa shape index (κ3) is 3.84. The molecule has 1 aliphatic heterocycles. The highest BCUT2D eigenvalue weighted by Gasteiger charge is 2.46. The molecule has 7 heteroatoms. The van der Waals surface area contributed by atoms with Crippen LogP contribution in [0.2, 0.25) is 0 Å². The molecule has 1 amide bonds. The minimum Gasteiger partial charge on any atom is -0.480 e. The van der Waals surface area contributed by atoms with Crippen molar-refractivity contribution < 1.29 is 28.2 Å². The fourth-order valence-electron chi connectivity index (χ4n) is 4.52. The second-order valence-corrected chi connectivity index (χ2v) is 7.93. The topological polar surface area (TPSA) is 66.8 Å². The molecule has 0 bridgehead atoms. The van der Waals surface area contributed by atoms with Crippen LogP contribution in [0.1, 0.15) is 36.4 Å². The molecule has 0 radical (unpaired) electrons. The number of allylic oxidation sites excluding steroid dienone is 2. The van der Waals surface area contributed by atoms with Crippen molar-refractivity contribution in [2.75, 3.05) is 7.11 Å². The third-order valence-corrected chi connectivity index (χ3v) is 6.12. The number of halogens is 2. The van der Waals surface area contributed by atoms with Gasteiger partial charge in [-0.2, -0.15) is 0 Å². The molecule has 1 heterocycles. The van der Waals surface area contributed by atoms with Crippen molar-refractivity contribution in [3.63, 3.8) is 0 Å². The van der Waals surface area contributed by atoms with Gasteiger partial charge in [0.05, 0.1) is 6.04 Å². The lowest BCUT2D eigenvalue weighted by Gasteiger charge is -2.34. The van der Waals surface area contributed by atoms with Crippen molar-refractivity contribution in [3.8, 4) is 0 Å². The molecule has 3 atom stereocenters. The summed E-state index contributed by atoms with van der Waals surface area (Å²) in [6.45, 7) is 0. The van der Waals surface area contributed by atoms with Crippen LogP contribution < -0.4 is 0 Å². The maximum atomic E-state index is 15.8. The number of carbonyl (C=O) groups is 2. The SMILES string of the molecule is COC1(F)CC(C(=O)N2[C@@H](c3ccccc3F)CC[C@H]2C(=O)O)=CC=C1c1ccccc1. The smallest absolute Gasteiger partial charge is 0.326 e. The van der Waals surface area contributed by atoms with E-state index in [1.165, 1.54) is 36.3 Å². The summed E-state index contributed by atoms with van der Waals surface area (Å²) < 4.78 is 35.5. The number of rotatable bonds is 5. The van der Waals surface area contributed by atoms with Crippen LogP contribution in [0.4, 0.5) is 8.78 Å². The Morgan fingerprint density at radius 2 is 1.75 bits per heavy atom. The Kier molecular flexibility index (Phi) is 5.93. The van der Waals surface area contributed by atoms with Crippen LogP contribution in [0.25, 0.3) is 5.57 Å². The first-order valence-electron chi connectivity index (χ1n) is 10.4. The van der Waals surface area contributed by atoms with Gasteiger partial charge in [-0.1, -0.05) is 60.7 Å². The Labute approximate surface area is 184 Å². The molecule has 166 valence electrons. The molecule has 4 rings (SSSR count). The summed E-state index contributed by atoms with van der Waals surface area (Å²) in [4.78, 5) is 26.5. The van der Waals surface area contributed by atoms with Gasteiger partial charge in [-0.05, 0) is 24.5 Å². The Morgan fingerprint density at radius 1 is 1.06 bits per heavy atom. The quantitative estimate of drug-likeness (QED) is 0.735. The van der Waals surface area contributed by atoms with Crippen LogP contribution >= 0.6 is 0 Å². The Balaban J connectivity index is 1.72. The number of carboxylic acid groups (broad SMARTS) is 1. The van der Waals surface area contributed by atoms with E-state index in [1.54, 1.807) is 36.4 Å². The molecular weight excluding hydrogens is 416 g/mol. The molecule has 2 aromatic carbocycles. The highest BCUT2D eigenvalue weighted by molar-refractivity contribution is 5.98. The van der Waals surface area contributed by atoms with Gasteiger partial charge in [0.1, 0.15) is 11.9 Å². The largest absolute Gasteiger partial charge is 0.480 e. The second-order valence-electron chi connectivity index (χ2n) is 7.93.